The first kappa shape index (κ1) is 12.6. The SMILES string of the molecule is COC(=O)N1CCN(C2CCN(C)CC2)CC1. The normalized spacial score (nSPS) is 24.9. The van der Waals surface area contributed by atoms with E-state index in [1.807, 2.05) is 0 Å². The molecule has 0 radical (unpaired) electrons. The molecule has 5 nitrogen and oxygen atoms in total. The van der Waals surface area contributed by atoms with Crippen molar-refractivity contribution >= 4 is 6.09 Å². The molecule has 2 aliphatic heterocycles. The van der Waals surface area contributed by atoms with Crippen molar-refractivity contribution in [2.45, 2.75) is 18.9 Å². The van der Waals surface area contributed by atoms with E-state index in [0.717, 1.165) is 26.2 Å². The fourth-order valence-electron chi connectivity index (χ4n) is 2.76. The fraction of sp³-hybridized carbons (Fsp3) is 0.917. The van der Waals surface area contributed by atoms with Gasteiger partial charge in [-0.15, -0.1) is 0 Å². The van der Waals surface area contributed by atoms with Crippen molar-refractivity contribution in [1.82, 2.24) is 14.7 Å². The summed E-state index contributed by atoms with van der Waals surface area (Å²) in [7, 11) is 3.64. The van der Waals surface area contributed by atoms with E-state index in [4.69, 9.17) is 4.74 Å². The van der Waals surface area contributed by atoms with E-state index >= 15 is 0 Å². The number of ether oxygens (including phenoxy) is 1. The van der Waals surface area contributed by atoms with Crippen LogP contribution >= 0.6 is 0 Å². The van der Waals surface area contributed by atoms with Gasteiger partial charge in [-0.05, 0) is 33.0 Å². The summed E-state index contributed by atoms with van der Waals surface area (Å²) in [6.07, 6.45) is 2.33. The van der Waals surface area contributed by atoms with Crippen LogP contribution in [0.15, 0.2) is 0 Å². The zero-order valence-corrected chi connectivity index (χ0v) is 10.9. The van der Waals surface area contributed by atoms with Crippen LogP contribution in [-0.2, 0) is 4.74 Å². The van der Waals surface area contributed by atoms with Crippen LogP contribution in [0, 0.1) is 0 Å². The van der Waals surface area contributed by atoms with E-state index in [1.165, 1.54) is 33.0 Å². The van der Waals surface area contributed by atoms with E-state index in [0.29, 0.717) is 6.04 Å². The smallest absolute Gasteiger partial charge is 0.409 e. The Hall–Kier alpha value is -0.810. The fourth-order valence-corrected chi connectivity index (χ4v) is 2.76. The molecule has 0 aromatic rings. The monoisotopic (exact) mass is 241 g/mol. The zero-order chi connectivity index (χ0) is 12.3. The van der Waals surface area contributed by atoms with Gasteiger partial charge in [0.1, 0.15) is 0 Å². The number of likely N-dealkylation sites (tertiary alicyclic amines) is 1. The second-order valence-corrected chi connectivity index (χ2v) is 5.03. The van der Waals surface area contributed by atoms with Crippen LogP contribution in [0.2, 0.25) is 0 Å². The zero-order valence-electron chi connectivity index (χ0n) is 10.9. The van der Waals surface area contributed by atoms with E-state index in [-0.39, 0.29) is 6.09 Å². The molecule has 2 saturated heterocycles. The second-order valence-electron chi connectivity index (χ2n) is 5.03. The standard InChI is InChI=1S/C12H23N3O2/c1-13-5-3-11(4-6-13)14-7-9-15(10-8-14)12(16)17-2/h11H,3-10H2,1-2H3. The highest BCUT2D eigenvalue weighted by Crippen LogP contribution is 2.17. The number of methoxy groups -OCH3 is 1. The van der Waals surface area contributed by atoms with Crippen LogP contribution in [0.1, 0.15) is 12.8 Å². The third kappa shape index (κ3) is 3.10. The van der Waals surface area contributed by atoms with Crippen LogP contribution in [0.25, 0.3) is 0 Å². The van der Waals surface area contributed by atoms with Gasteiger partial charge in [0, 0.05) is 32.2 Å². The Morgan fingerprint density at radius 3 is 2.18 bits per heavy atom. The molecular formula is C12H23N3O2. The van der Waals surface area contributed by atoms with Crippen LogP contribution in [0.4, 0.5) is 4.79 Å². The highest BCUT2D eigenvalue weighted by molar-refractivity contribution is 5.67. The predicted molar refractivity (Wildman–Crippen MR) is 66.1 cm³/mol. The minimum absolute atomic E-state index is 0.187. The first-order valence-corrected chi connectivity index (χ1v) is 6.46. The van der Waals surface area contributed by atoms with Crippen LogP contribution in [-0.4, -0.2) is 80.3 Å². The number of amides is 1. The molecule has 2 heterocycles. The largest absolute Gasteiger partial charge is 0.453 e. The Kier molecular flexibility index (Phi) is 4.23. The van der Waals surface area contributed by atoms with E-state index in [2.05, 4.69) is 16.8 Å². The molecule has 0 aromatic heterocycles. The number of nitrogens with zero attached hydrogens (tertiary/aromatic N) is 3. The number of rotatable bonds is 1. The molecule has 2 aliphatic rings. The molecule has 0 bridgehead atoms. The first-order valence-electron chi connectivity index (χ1n) is 6.46. The molecule has 0 spiro atoms. The molecule has 2 fully saturated rings. The number of piperidine rings is 1. The van der Waals surface area contributed by atoms with Gasteiger partial charge in [0.2, 0.25) is 0 Å². The van der Waals surface area contributed by atoms with Crippen molar-refractivity contribution in [3.05, 3.63) is 0 Å². The highest BCUT2D eigenvalue weighted by atomic mass is 16.5. The highest BCUT2D eigenvalue weighted by Gasteiger charge is 2.28. The average molecular weight is 241 g/mol. The lowest BCUT2D eigenvalue weighted by Crippen LogP contribution is -2.54. The maximum Gasteiger partial charge on any atom is 0.409 e. The van der Waals surface area contributed by atoms with Gasteiger partial charge >= 0.3 is 6.09 Å². The minimum atomic E-state index is -0.187. The van der Waals surface area contributed by atoms with E-state index in [9.17, 15) is 4.79 Å². The summed E-state index contributed by atoms with van der Waals surface area (Å²) in [6, 6.07) is 0.714. The quantitative estimate of drug-likeness (QED) is 0.668. The van der Waals surface area contributed by atoms with Crippen LogP contribution in [0.3, 0.4) is 0 Å². The van der Waals surface area contributed by atoms with E-state index < -0.39 is 0 Å². The Morgan fingerprint density at radius 2 is 1.65 bits per heavy atom. The Labute approximate surface area is 103 Å². The van der Waals surface area contributed by atoms with Gasteiger partial charge in [-0.1, -0.05) is 0 Å². The van der Waals surface area contributed by atoms with Gasteiger partial charge < -0.3 is 14.5 Å². The lowest BCUT2D eigenvalue weighted by molar-refractivity contribution is 0.0561. The predicted octanol–water partition coefficient (Wildman–Crippen LogP) is 0.465. The van der Waals surface area contributed by atoms with Crippen molar-refractivity contribution < 1.29 is 9.53 Å². The molecule has 98 valence electrons. The van der Waals surface area contributed by atoms with Gasteiger partial charge in [0.05, 0.1) is 7.11 Å². The molecular weight excluding hydrogens is 218 g/mol. The third-order valence-electron chi connectivity index (χ3n) is 3.95. The van der Waals surface area contributed by atoms with Crippen molar-refractivity contribution in [2.75, 3.05) is 53.4 Å². The van der Waals surface area contributed by atoms with Gasteiger partial charge in [0.15, 0.2) is 0 Å². The summed E-state index contributed by atoms with van der Waals surface area (Å²) in [6.45, 7) is 5.98. The Balaban J connectivity index is 1.77. The molecule has 0 aromatic carbocycles. The summed E-state index contributed by atoms with van der Waals surface area (Å²) in [5, 5.41) is 0. The Morgan fingerprint density at radius 1 is 1.06 bits per heavy atom. The van der Waals surface area contributed by atoms with Crippen molar-refractivity contribution in [3.8, 4) is 0 Å². The molecule has 0 saturated carbocycles. The molecule has 2 rings (SSSR count). The molecule has 1 amide bonds. The first-order chi connectivity index (χ1) is 8.20. The molecule has 0 unspecified atom stereocenters. The van der Waals surface area contributed by atoms with Gasteiger partial charge in [-0.25, -0.2) is 4.79 Å². The average Bonchev–Trinajstić information content (AvgIpc) is 2.39. The van der Waals surface area contributed by atoms with Crippen LogP contribution < -0.4 is 0 Å². The molecule has 5 heteroatoms. The second kappa shape index (κ2) is 5.69. The van der Waals surface area contributed by atoms with Gasteiger partial charge in [-0.3, -0.25) is 4.90 Å². The molecule has 17 heavy (non-hydrogen) atoms. The number of carbonyl (C=O) groups excluding carboxylic acids is 1. The molecule has 0 aliphatic carbocycles. The van der Waals surface area contributed by atoms with Gasteiger partial charge in [0.25, 0.3) is 0 Å². The van der Waals surface area contributed by atoms with Crippen LogP contribution in [0.5, 0.6) is 0 Å². The van der Waals surface area contributed by atoms with Crippen molar-refractivity contribution in [2.24, 2.45) is 0 Å². The summed E-state index contributed by atoms with van der Waals surface area (Å²) in [5.41, 5.74) is 0. The number of carbonyl (C=O) groups is 1. The Bertz CT molecular complexity index is 256. The van der Waals surface area contributed by atoms with Gasteiger partial charge in [-0.2, -0.15) is 0 Å². The number of hydrogen-bond donors (Lipinski definition) is 0. The third-order valence-corrected chi connectivity index (χ3v) is 3.95. The summed E-state index contributed by atoms with van der Waals surface area (Å²) < 4.78 is 4.75. The summed E-state index contributed by atoms with van der Waals surface area (Å²) in [5.74, 6) is 0. The summed E-state index contributed by atoms with van der Waals surface area (Å²) >= 11 is 0. The maximum atomic E-state index is 11.4. The summed E-state index contributed by atoms with van der Waals surface area (Å²) in [4.78, 5) is 18.1. The topological polar surface area (TPSA) is 36.0 Å². The lowest BCUT2D eigenvalue weighted by Gasteiger charge is -2.41. The molecule has 0 N–H and O–H groups in total. The number of hydrogen-bond acceptors (Lipinski definition) is 4. The minimum Gasteiger partial charge on any atom is -0.453 e. The number of piperazine rings is 1. The lowest BCUT2D eigenvalue weighted by atomic mass is 10.0. The van der Waals surface area contributed by atoms with Crippen molar-refractivity contribution in [1.29, 1.82) is 0 Å². The maximum absolute atomic E-state index is 11.4. The van der Waals surface area contributed by atoms with E-state index in [1.54, 1.807) is 4.90 Å². The molecule has 0 atom stereocenters. The van der Waals surface area contributed by atoms with Crippen molar-refractivity contribution in [3.63, 3.8) is 0 Å².